The Labute approximate surface area is 104 Å². The van der Waals surface area contributed by atoms with Gasteiger partial charge in [0.2, 0.25) is 0 Å². The highest BCUT2D eigenvalue weighted by Gasteiger charge is 2.10. The Hall–Kier alpha value is -2.28. The minimum atomic E-state index is -0.291. The molecule has 7 nitrogen and oxygen atoms in total. The fraction of sp³-hybridized carbons (Fsp3) is 0.273. The lowest BCUT2D eigenvalue weighted by Crippen LogP contribution is -2.35. The smallest absolute Gasteiger partial charge is 0.251 e. The van der Waals surface area contributed by atoms with Crippen molar-refractivity contribution in [1.82, 2.24) is 25.1 Å². The molecule has 1 amide bonds. The minimum Gasteiger partial charge on any atom is -0.394 e. The van der Waals surface area contributed by atoms with Gasteiger partial charge in [-0.05, 0) is 19.1 Å². The van der Waals surface area contributed by atoms with Gasteiger partial charge in [0.25, 0.3) is 5.91 Å². The SMILES string of the molecule is CC(CO)NC(=O)c1ccnc(-n2cncn2)c1. The molecule has 0 spiro atoms. The van der Waals surface area contributed by atoms with Crippen molar-refractivity contribution in [2.24, 2.45) is 0 Å². The fourth-order valence-electron chi connectivity index (χ4n) is 1.36. The van der Waals surface area contributed by atoms with Crippen LogP contribution in [0.2, 0.25) is 0 Å². The molecule has 1 atom stereocenters. The van der Waals surface area contributed by atoms with E-state index in [1.807, 2.05) is 0 Å². The molecule has 0 fully saturated rings. The molecule has 0 saturated carbocycles. The van der Waals surface area contributed by atoms with Crippen LogP contribution in [0.4, 0.5) is 0 Å². The maximum absolute atomic E-state index is 11.8. The van der Waals surface area contributed by atoms with Crippen molar-refractivity contribution in [3.8, 4) is 5.82 Å². The topological polar surface area (TPSA) is 92.9 Å². The summed E-state index contributed by atoms with van der Waals surface area (Å²) in [6.45, 7) is 1.62. The number of hydrogen-bond acceptors (Lipinski definition) is 5. The first-order valence-corrected chi connectivity index (χ1v) is 5.43. The third kappa shape index (κ3) is 2.69. The molecule has 2 N–H and O–H groups in total. The Morgan fingerprint density at radius 3 is 3.11 bits per heavy atom. The molecular weight excluding hydrogens is 234 g/mol. The largest absolute Gasteiger partial charge is 0.394 e. The quantitative estimate of drug-likeness (QED) is 0.778. The number of rotatable bonds is 4. The summed E-state index contributed by atoms with van der Waals surface area (Å²) in [5.41, 5.74) is 0.454. The summed E-state index contributed by atoms with van der Waals surface area (Å²) in [5.74, 6) is 0.247. The molecule has 2 rings (SSSR count). The zero-order chi connectivity index (χ0) is 13.0. The summed E-state index contributed by atoms with van der Waals surface area (Å²) < 4.78 is 1.46. The number of nitrogens with zero attached hydrogens (tertiary/aromatic N) is 4. The zero-order valence-electron chi connectivity index (χ0n) is 9.82. The summed E-state index contributed by atoms with van der Waals surface area (Å²) in [4.78, 5) is 19.7. The third-order valence-corrected chi connectivity index (χ3v) is 2.31. The van der Waals surface area contributed by atoms with Gasteiger partial charge in [0.15, 0.2) is 5.82 Å². The number of aromatic nitrogens is 4. The van der Waals surface area contributed by atoms with Crippen LogP contribution < -0.4 is 5.32 Å². The Balaban J connectivity index is 2.20. The van der Waals surface area contributed by atoms with Gasteiger partial charge in [-0.3, -0.25) is 4.79 Å². The van der Waals surface area contributed by atoms with Crippen LogP contribution in [0.5, 0.6) is 0 Å². The first-order valence-electron chi connectivity index (χ1n) is 5.43. The first kappa shape index (κ1) is 12.2. The van der Waals surface area contributed by atoms with Crippen LogP contribution >= 0.6 is 0 Å². The predicted octanol–water partition coefficient (Wildman–Crippen LogP) is -0.227. The van der Waals surface area contributed by atoms with Crippen LogP contribution in [-0.2, 0) is 0 Å². The number of amides is 1. The third-order valence-electron chi connectivity index (χ3n) is 2.31. The molecule has 94 valence electrons. The molecule has 2 aromatic rings. The van der Waals surface area contributed by atoms with Crippen molar-refractivity contribution in [1.29, 1.82) is 0 Å². The van der Waals surface area contributed by atoms with E-state index in [0.29, 0.717) is 11.4 Å². The van der Waals surface area contributed by atoms with E-state index < -0.39 is 0 Å². The second-order valence-corrected chi connectivity index (χ2v) is 3.80. The molecule has 18 heavy (non-hydrogen) atoms. The van der Waals surface area contributed by atoms with Gasteiger partial charge in [-0.25, -0.2) is 14.6 Å². The van der Waals surface area contributed by atoms with E-state index in [0.717, 1.165) is 0 Å². The van der Waals surface area contributed by atoms with Crippen LogP contribution in [0.1, 0.15) is 17.3 Å². The average molecular weight is 247 g/mol. The molecule has 0 saturated heterocycles. The van der Waals surface area contributed by atoms with Gasteiger partial charge in [-0.15, -0.1) is 0 Å². The number of carbonyl (C=O) groups is 1. The van der Waals surface area contributed by atoms with E-state index in [1.165, 1.54) is 23.5 Å². The van der Waals surface area contributed by atoms with Gasteiger partial charge in [0.1, 0.15) is 12.7 Å². The van der Waals surface area contributed by atoms with Crippen molar-refractivity contribution in [3.05, 3.63) is 36.5 Å². The molecule has 2 aromatic heterocycles. The Morgan fingerprint density at radius 1 is 1.61 bits per heavy atom. The standard InChI is InChI=1S/C11H13N5O2/c1-8(5-17)15-11(18)9-2-3-13-10(4-9)16-7-12-6-14-16/h2-4,6-8,17H,5H2,1H3,(H,15,18). The molecule has 0 bridgehead atoms. The number of carbonyl (C=O) groups excluding carboxylic acids is 1. The second-order valence-electron chi connectivity index (χ2n) is 3.80. The number of hydrogen-bond donors (Lipinski definition) is 2. The Morgan fingerprint density at radius 2 is 2.44 bits per heavy atom. The lowest BCUT2D eigenvalue weighted by atomic mass is 10.2. The van der Waals surface area contributed by atoms with E-state index in [9.17, 15) is 4.79 Å². The highest BCUT2D eigenvalue weighted by atomic mass is 16.3. The minimum absolute atomic E-state index is 0.104. The predicted molar refractivity (Wildman–Crippen MR) is 63.2 cm³/mol. The summed E-state index contributed by atoms with van der Waals surface area (Å²) >= 11 is 0. The highest BCUT2D eigenvalue weighted by molar-refractivity contribution is 5.94. The van der Waals surface area contributed by atoms with Gasteiger partial charge < -0.3 is 10.4 Å². The lowest BCUT2D eigenvalue weighted by Gasteiger charge is -2.11. The molecular formula is C11H13N5O2. The van der Waals surface area contributed by atoms with Crippen molar-refractivity contribution in [3.63, 3.8) is 0 Å². The molecule has 1 unspecified atom stereocenters. The molecule has 0 radical (unpaired) electrons. The second kappa shape index (κ2) is 5.37. The number of pyridine rings is 1. The normalized spacial score (nSPS) is 12.1. The molecule has 0 aromatic carbocycles. The lowest BCUT2D eigenvalue weighted by molar-refractivity contribution is 0.0922. The summed E-state index contributed by atoms with van der Waals surface area (Å²) in [6.07, 6.45) is 4.41. The van der Waals surface area contributed by atoms with E-state index in [1.54, 1.807) is 19.1 Å². The van der Waals surface area contributed by atoms with Crippen LogP contribution in [0.3, 0.4) is 0 Å². The van der Waals surface area contributed by atoms with Crippen molar-refractivity contribution in [2.45, 2.75) is 13.0 Å². The summed E-state index contributed by atoms with van der Waals surface area (Å²) in [6, 6.07) is 2.91. The molecule has 0 aliphatic rings. The average Bonchev–Trinajstić information content (AvgIpc) is 2.92. The molecule has 7 heteroatoms. The molecule has 0 aliphatic carbocycles. The first-order chi connectivity index (χ1) is 8.70. The van der Waals surface area contributed by atoms with Gasteiger partial charge in [-0.2, -0.15) is 5.10 Å². The van der Waals surface area contributed by atoms with Crippen LogP contribution in [0, 0.1) is 0 Å². The fourth-order valence-corrected chi connectivity index (χ4v) is 1.36. The highest BCUT2D eigenvalue weighted by Crippen LogP contribution is 2.05. The number of nitrogens with one attached hydrogen (secondary N) is 1. The summed E-state index contributed by atoms with van der Waals surface area (Å²) in [5, 5.41) is 15.5. The number of aliphatic hydroxyl groups is 1. The van der Waals surface area contributed by atoms with Gasteiger partial charge in [0.05, 0.1) is 6.61 Å². The number of aliphatic hydroxyl groups excluding tert-OH is 1. The molecule has 0 aliphatic heterocycles. The van der Waals surface area contributed by atoms with Crippen LogP contribution in [0.25, 0.3) is 5.82 Å². The van der Waals surface area contributed by atoms with Crippen molar-refractivity contribution < 1.29 is 9.90 Å². The van der Waals surface area contributed by atoms with Crippen LogP contribution in [-0.4, -0.2) is 43.4 Å². The van der Waals surface area contributed by atoms with Crippen molar-refractivity contribution >= 4 is 5.91 Å². The van der Waals surface area contributed by atoms with E-state index >= 15 is 0 Å². The maximum atomic E-state index is 11.8. The maximum Gasteiger partial charge on any atom is 0.251 e. The van der Waals surface area contributed by atoms with E-state index in [-0.39, 0.29) is 18.6 Å². The zero-order valence-corrected chi connectivity index (χ0v) is 9.82. The van der Waals surface area contributed by atoms with Crippen molar-refractivity contribution in [2.75, 3.05) is 6.61 Å². The van der Waals surface area contributed by atoms with Crippen LogP contribution in [0.15, 0.2) is 31.0 Å². The van der Waals surface area contributed by atoms with E-state index in [2.05, 4.69) is 20.4 Å². The molecule has 2 heterocycles. The van der Waals surface area contributed by atoms with Gasteiger partial charge >= 0.3 is 0 Å². The van der Waals surface area contributed by atoms with E-state index in [4.69, 9.17) is 5.11 Å². The van der Waals surface area contributed by atoms with Gasteiger partial charge in [-0.1, -0.05) is 0 Å². The Bertz CT molecular complexity index is 526. The monoisotopic (exact) mass is 247 g/mol. The summed E-state index contributed by atoms with van der Waals surface area (Å²) in [7, 11) is 0. The Kier molecular flexibility index (Phi) is 3.63. The van der Waals surface area contributed by atoms with Gasteiger partial charge in [0, 0.05) is 17.8 Å².